The Labute approximate surface area is 89.3 Å². The Morgan fingerprint density at radius 3 is 3.00 bits per heavy atom. The second-order valence-electron chi connectivity index (χ2n) is 4.07. The average molecular weight is 208 g/mol. The molecule has 1 aliphatic rings. The van der Waals surface area contributed by atoms with E-state index in [1.54, 1.807) is 18.2 Å². The highest BCUT2D eigenvalue weighted by molar-refractivity contribution is 5.27. The highest BCUT2D eigenvalue weighted by Gasteiger charge is 2.23. The molecule has 2 N–H and O–H groups in total. The van der Waals surface area contributed by atoms with Gasteiger partial charge in [0.25, 0.3) is 0 Å². The fourth-order valence-corrected chi connectivity index (χ4v) is 1.95. The van der Waals surface area contributed by atoms with Gasteiger partial charge in [-0.2, -0.15) is 0 Å². The molecule has 1 aromatic rings. The predicted octanol–water partition coefficient (Wildman–Crippen LogP) is 1.33. The van der Waals surface area contributed by atoms with Gasteiger partial charge in [-0.1, -0.05) is 12.1 Å². The summed E-state index contributed by atoms with van der Waals surface area (Å²) < 4.78 is 5.23. The van der Waals surface area contributed by atoms with Gasteiger partial charge in [-0.25, -0.2) is 0 Å². The SMILES string of the molecule is Oc1cccc(CC(O)C2CCOC2)c1. The zero-order valence-electron chi connectivity index (χ0n) is 8.60. The number of ether oxygens (including phenoxy) is 1. The third-order valence-corrected chi connectivity index (χ3v) is 2.86. The lowest BCUT2D eigenvalue weighted by atomic mass is 9.95. The molecule has 1 fully saturated rings. The van der Waals surface area contributed by atoms with E-state index in [1.165, 1.54) is 0 Å². The van der Waals surface area contributed by atoms with Crippen molar-refractivity contribution in [3.8, 4) is 5.75 Å². The van der Waals surface area contributed by atoms with Gasteiger partial charge in [0.15, 0.2) is 0 Å². The van der Waals surface area contributed by atoms with Gasteiger partial charge < -0.3 is 14.9 Å². The van der Waals surface area contributed by atoms with Crippen molar-refractivity contribution in [2.24, 2.45) is 5.92 Å². The van der Waals surface area contributed by atoms with E-state index < -0.39 is 0 Å². The van der Waals surface area contributed by atoms with Crippen LogP contribution in [0.25, 0.3) is 0 Å². The summed E-state index contributed by atoms with van der Waals surface area (Å²) in [5, 5.41) is 19.2. The summed E-state index contributed by atoms with van der Waals surface area (Å²) in [6, 6.07) is 7.04. The van der Waals surface area contributed by atoms with Gasteiger partial charge in [0.05, 0.1) is 12.7 Å². The molecular formula is C12H16O3. The first-order chi connectivity index (χ1) is 7.25. The van der Waals surface area contributed by atoms with Crippen LogP contribution in [0, 0.1) is 5.92 Å². The minimum absolute atomic E-state index is 0.243. The molecule has 0 aliphatic carbocycles. The monoisotopic (exact) mass is 208 g/mol. The van der Waals surface area contributed by atoms with E-state index >= 15 is 0 Å². The molecule has 82 valence electrons. The summed E-state index contributed by atoms with van der Waals surface area (Å²) in [6.45, 7) is 1.40. The highest BCUT2D eigenvalue weighted by Crippen LogP contribution is 2.21. The van der Waals surface area contributed by atoms with Crippen molar-refractivity contribution in [2.45, 2.75) is 18.9 Å². The van der Waals surface area contributed by atoms with E-state index in [4.69, 9.17) is 4.74 Å². The fraction of sp³-hybridized carbons (Fsp3) is 0.500. The fourth-order valence-electron chi connectivity index (χ4n) is 1.95. The Hall–Kier alpha value is -1.06. The molecule has 0 spiro atoms. The Morgan fingerprint density at radius 1 is 1.47 bits per heavy atom. The molecule has 3 heteroatoms. The van der Waals surface area contributed by atoms with Crippen LogP contribution >= 0.6 is 0 Å². The summed E-state index contributed by atoms with van der Waals surface area (Å²) in [7, 11) is 0. The van der Waals surface area contributed by atoms with Crippen molar-refractivity contribution < 1.29 is 14.9 Å². The third-order valence-electron chi connectivity index (χ3n) is 2.86. The molecule has 0 saturated carbocycles. The minimum atomic E-state index is -0.366. The van der Waals surface area contributed by atoms with Gasteiger partial charge in [-0.15, -0.1) is 0 Å². The Balaban J connectivity index is 1.95. The van der Waals surface area contributed by atoms with Crippen molar-refractivity contribution in [1.29, 1.82) is 0 Å². The number of aromatic hydroxyl groups is 1. The van der Waals surface area contributed by atoms with Crippen LogP contribution in [0.4, 0.5) is 0 Å². The van der Waals surface area contributed by atoms with Gasteiger partial charge in [0.2, 0.25) is 0 Å². The Bertz CT molecular complexity index is 318. The molecule has 1 saturated heterocycles. The van der Waals surface area contributed by atoms with Crippen molar-refractivity contribution >= 4 is 0 Å². The summed E-state index contributed by atoms with van der Waals surface area (Å²) in [5.74, 6) is 0.495. The van der Waals surface area contributed by atoms with Crippen molar-refractivity contribution in [3.05, 3.63) is 29.8 Å². The standard InChI is InChI=1S/C12H16O3/c13-11-3-1-2-9(6-11)7-12(14)10-4-5-15-8-10/h1-3,6,10,12-14H,4-5,7-8H2. The van der Waals surface area contributed by atoms with Crippen LogP contribution in [-0.4, -0.2) is 29.5 Å². The molecule has 0 aromatic heterocycles. The molecule has 15 heavy (non-hydrogen) atoms. The number of aliphatic hydroxyl groups is 1. The molecule has 3 nitrogen and oxygen atoms in total. The number of phenolic OH excluding ortho intramolecular Hbond substituents is 1. The lowest BCUT2D eigenvalue weighted by molar-refractivity contribution is 0.0918. The van der Waals surface area contributed by atoms with Crippen LogP contribution in [0.2, 0.25) is 0 Å². The first-order valence-corrected chi connectivity index (χ1v) is 5.29. The molecule has 1 aliphatic heterocycles. The highest BCUT2D eigenvalue weighted by atomic mass is 16.5. The molecule has 0 bridgehead atoms. The third kappa shape index (κ3) is 2.70. The van der Waals surface area contributed by atoms with Crippen molar-refractivity contribution in [2.75, 3.05) is 13.2 Å². The number of benzene rings is 1. The minimum Gasteiger partial charge on any atom is -0.508 e. The molecule has 1 heterocycles. The van der Waals surface area contributed by atoms with Gasteiger partial charge >= 0.3 is 0 Å². The van der Waals surface area contributed by atoms with Gasteiger partial charge in [-0.05, 0) is 30.5 Å². The molecule has 2 atom stereocenters. The van der Waals surface area contributed by atoms with Crippen LogP contribution in [0.3, 0.4) is 0 Å². The Morgan fingerprint density at radius 2 is 2.33 bits per heavy atom. The molecule has 0 amide bonds. The Kier molecular flexibility index (Phi) is 3.23. The number of rotatable bonds is 3. The smallest absolute Gasteiger partial charge is 0.115 e. The number of phenols is 1. The van der Waals surface area contributed by atoms with Gasteiger partial charge in [0.1, 0.15) is 5.75 Å². The molecule has 2 rings (SSSR count). The zero-order chi connectivity index (χ0) is 10.7. The van der Waals surface area contributed by atoms with E-state index in [9.17, 15) is 10.2 Å². The lowest BCUT2D eigenvalue weighted by Gasteiger charge is -2.16. The summed E-state index contributed by atoms with van der Waals surface area (Å²) in [5.41, 5.74) is 0.967. The van der Waals surface area contributed by atoms with Crippen molar-refractivity contribution in [3.63, 3.8) is 0 Å². The number of aliphatic hydroxyl groups excluding tert-OH is 1. The largest absolute Gasteiger partial charge is 0.508 e. The zero-order valence-corrected chi connectivity index (χ0v) is 8.60. The first-order valence-electron chi connectivity index (χ1n) is 5.29. The van der Waals surface area contributed by atoms with E-state index in [1.807, 2.05) is 6.07 Å². The molecule has 2 unspecified atom stereocenters. The molecular weight excluding hydrogens is 192 g/mol. The summed E-state index contributed by atoms with van der Waals surface area (Å²) in [6.07, 6.45) is 1.15. The first kappa shape index (κ1) is 10.5. The maximum atomic E-state index is 9.93. The van der Waals surface area contributed by atoms with Crippen LogP contribution in [0.15, 0.2) is 24.3 Å². The average Bonchev–Trinajstić information content (AvgIpc) is 2.70. The van der Waals surface area contributed by atoms with Crippen LogP contribution in [-0.2, 0) is 11.2 Å². The maximum Gasteiger partial charge on any atom is 0.115 e. The van der Waals surface area contributed by atoms with E-state index in [0.717, 1.165) is 18.6 Å². The van der Waals surface area contributed by atoms with Crippen molar-refractivity contribution in [1.82, 2.24) is 0 Å². The molecule has 1 aromatic carbocycles. The lowest BCUT2D eigenvalue weighted by Crippen LogP contribution is -2.22. The van der Waals surface area contributed by atoms with Gasteiger partial charge in [0, 0.05) is 12.5 Å². The maximum absolute atomic E-state index is 9.93. The molecule has 0 radical (unpaired) electrons. The van der Waals surface area contributed by atoms with Crippen LogP contribution in [0.1, 0.15) is 12.0 Å². The second kappa shape index (κ2) is 4.64. The summed E-state index contributed by atoms with van der Waals surface area (Å²) >= 11 is 0. The number of hydrogen-bond donors (Lipinski definition) is 2. The predicted molar refractivity (Wildman–Crippen MR) is 56.7 cm³/mol. The van der Waals surface area contributed by atoms with Gasteiger partial charge in [-0.3, -0.25) is 0 Å². The quantitative estimate of drug-likeness (QED) is 0.788. The van der Waals surface area contributed by atoms with E-state index in [-0.39, 0.29) is 17.8 Å². The summed E-state index contributed by atoms with van der Waals surface area (Å²) in [4.78, 5) is 0. The normalized spacial score (nSPS) is 22.9. The number of hydrogen-bond acceptors (Lipinski definition) is 3. The van der Waals surface area contributed by atoms with Crippen LogP contribution in [0.5, 0.6) is 5.75 Å². The van der Waals surface area contributed by atoms with Crippen LogP contribution < -0.4 is 0 Å². The van der Waals surface area contributed by atoms with E-state index in [0.29, 0.717) is 13.0 Å². The topological polar surface area (TPSA) is 49.7 Å². The second-order valence-corrected chi connectivity index (χ2v) is 4.07. The van der Waals surface area contributed by atoms with E-state index in [2.05, 4.69) is 0 Å².